The van der Waals surface area contributed by atoms with Gasteiger partial charge in [0, 0.05) is 0 Å². The monoisotopic (exact) mass is 245 g/mol. The van der Waals surface area contributed by atoms with Crippen LogP contribution in [0.3, 0.4) is 0 Å². The summed E-state index contributed by atoms with van der Waals surface area (Å²) in [7, 11) is -4.23. The summed E-state index contributed by atoms with van der Waals surface area (Å²) in [5.74, 6) is 0.683. The minimum absolute atomic E-state index is 0. The molecule has 0 aromatic heterocycles. The molecule has 0 saturated carbocycles. The van der Waals surface area contributed by atoms with Gasteiger partial charge >= 0.3 is 10.4 Å². The number of hydrogen-bond donors (Lipinski definition) is 2. The fraction of sp³-hybridized carbons (Fsp3) is 1.00. The van der Waals surface area contributed by atoms with Crippen LogP contribution in [0.1, 0.15) is 39.5 Å². The fourth-order valence-electron chi connectivity index (χ4n) is 0.996. The molecule has 0 bridgehead atoms. The zero-order chi connectivity index (χ0) is 10.3. The molecule has 0 fully saturated rings. The van der Waals surface area contributed by atoms with Crippen molar-refractivity contribution in [2.45, 2.75) is 39.5 Å². The molecule has 0 spiro atoms. The maximum atomic E-state index is 10.1. The third-order valence-electron chi connectivity index (χ3n) is 1.66. The molecule has 0 atom stereocenters. The van der Waals surface area contributed by atoms with Crippen LogP contribution in [0.15, 0.2) is 0 Å². The highest BCUT2D eigenvalue weighted by Crippen LogP contribution is 2.08. The van der Waals surface area contributed by atoms with E-state index in [1.165, 1.54) is 0 Å². The highest BCUT2D eigenvalue weighted by Gasteiger charge is 2.02. The number of hydrogen-bond acceptors (Lipinski definition) is 4. The molecule has 6 N–H and O–H groups in total. The molecule has 0 saturated heterocycles. The Morgan fingerprint density at radius 3 is 2.13 bits per heavy atom. The highest BCUT2D eigenvalue weighted by molar-refractivity contribution is 7.80. The molecular formula is C8H23NO5S. The van der Waals surface area contributed by atoms with Gasteiger partial charge in [0.05, 0.1) is 6.61 Å². The van der Waals surface area contributed by atoms with Crippen molar-refractivity contribution in [3.8, 4) is 0 Å². The topological polar surface area (TPSA) is 130 Å². The van der Waals surface area contributed by atoms with Gasteiger partial charge in [0.15, 0.2) is 0 Å². The summed E-state index contributed by atoms with van der Waals surface area (Å²) in [6.07, 6.45) is 3.83. The Kier molecular flexibility index (Phi) is 13.9. The van der Waals surface area contributed by atoms with Gasteiger partial charge in [-0.05, 0) is 12.3 Å². The van der Waals surface area contributed by atoms with E-state index in [0.29, 0.717) is 12.3 Å². The normalized spacial score (nSPS) is 10.7. The second-order valence-corrected chi connectivity index (χ2v) is 4.58. The third kappa shape index (κ3) is 20.0. The Hall–Kier alpha value is -0.210. The van der Waals surface area contributed by atoms with Gasteiger partial charge in [-0.25, -0.2) is 4.18 Å². The second kappa shape index (κ2) is 10.3. The predicted octanol–water partition coefficient (Wildman–Crippen LogP) is 1.36. The predicted molar refractivity (Wildman–Crippen MR) is 59.4 cm³/mol. The average molecular weight is 245 g/mol. The molecule has 0 heterocycles. The summed E-state index contributed by atoms with van der Waals surface area (Å²) in [6, 6.07) is 0. The molecule has 0 aromatic carbocycles. The molecule has 96 valence electrons. The number of rotatable bonds is 7. The van der Waals surface area contributed by atoms with Gasteiger partial charge < -0.3 is 11.6 Å². The molecule has 0 unspecified atom stereocenters. The average Bonchev–Trinajstić information content (AvgIpc) is 1.93. The molecular weight excluding hydrogens is 222 g/mol. The zero-order valence-corrected chi connectivity index (χ0v) is 10.2. The maximum absolute atomic E-state index is 10.1. The summed E-state index contributed by atoms with van der Waals surface area (Å²) in [5, 5.41) is 0. The quantitative estimate of drug-likeness (QED) is 0.516. The first-order valence-corrected chi connectivity index (χ1v) is 5.90. The van der Waals surface area contributed by atoms with Gasteiger partial charge in [-0.3, -0.25) is 4.55 Å². The summed E-state index contributed by atoms with van der Waals surface area (Å²) in [5.41, 5.74) is 0. The largest absolute Gasteiger partial charge is 0.412 e. The molecule has 0 rings (SSSR count). The van der Waals surface area contributed by atoms with E-state index in [9.17, 15) is 8.42 Å². The van der Waals surface area contributed by atoms with Crippen LogP contribution in [0.25, 0.3) is 0 Å². The van der Waals surface area contributed by atoms with E-state index < -0.39 is 10.4 Å². The van der Waals surface area contributed by atoms with E-state index in [1.54, 1.807) is 0 Å². The Bertz CT molecular complexity index is 215. The Balaban J connectivity index is -0.000000720. The first-order chi connectivity index (χ1) is 5.92. The lowest BCUT2D eigenvalue weighted by Gasteiger charge is -2.03. The first kappa shape index (κ1) is 20.2. The summed E-state index contributed by atoms with van der Waals surface area (Å²) >= 11 is 0. The lowest BCUT2D eigenvalue weighted by atomic mass is 10.1. The van der Waals surface area contributed by atoms with Gasteiger partial charge in [-0.2, -0.15) is 8.42 Å². The van der Waals surface area contributed by atoms with Gasteiger partial charge in [-0.1, -0.05) is 33.1 Å². The SMILES string of the molecule is CC(C)CCCCCOS(=O)(=O)O.N.O. The summed E-state index contributed by atoms with van der Waals surface area (Å²) in [6.45, 7) is 4.38. The first-order valence-electron chi connectivity index (χ1n) is 4.53. The van der Waals surface area contributed by atoms with E-state index in [-0.39, 0.29) is 18.2 Å². The van der Waals surface area contributed by atoms with Crippen LogP contribution in [0.5, 0.6) is 0 Å². The molecule has 0 aliphatic carbocycles. The smallest absolute Gasteiger partial charge is 0.397 e. The molecule has 0 aliphatic rings. The van der Waals surface area contributed by atoms with Crippen molar-refractivity contribution in [3.63, 3.8) is 0 Å². The molecule has 0 amide bonds. The molecule has 0 radical (unpaired) electrons. The van der Waals surface area contributed by atoms with Crippen LogP contribution in [-0.4, -0.2) is 25.1 Å². The van der Waals surface area contributed by atoms with Gasteiger partial charge in [0.25, 0.3) is 0 Å². The Labute approximate surface area is 91.9 Å². The van der Waals surface area contributed by atoms with Crippen LogP contribution >= 0.6 is 0 Å². The molecule has 0 aliphatic heterocycles. The third-order valence-corrected chi connectivity index (χ3v) is 2.12. The fourth-order valence-corrected chi connectivity index (χ4v) is 1.32. The molecule has 6 nitrogen and oxygen atoms in total. The summed E-state index contributed by atoms with van der Waals surface area (Å²) < 4.78 is 32.6. The van der Waals surface area contributed by atoms with Crippen LogP contribution in [0.4, 0.5) is 0 Å². The maximum Gasteiger partial charge on any atom is 0.397 e. The van der Waals surface area contributed by atoms with E-state index in [0.717, 1.165) is 19.3 Å². The summed E-state index contributed by atoms with van der Waals surface area (Å²) in [4.78, 5) is 0. The van der Waals surface area contributed by atoms with Crippen molar-refractivity contribution in [1.29, 1.82) is 0 Å². The van der Waals surface area contributed by atoms with Gasteiger partial charge in [-0.15, -0.1) is 0 Å². The van der Waals surface area contributed by atoms with Crippen LogP contribution in [0.2, 0.25) is 0 Å². The van der Waals surface area contributed by atoms with E-state index in [2.05, 4.69) is 18.0 Å². The standard InChI is InChI=1S/C8H18O4S.H3N.H2O/c1-8(2)6-4-3-5-7-12-13(9,10)11;;/h8H,3-7H2,1-2H3,(H,9,10,11);1H3;1H2. The van der Waals surface area contributed by atoms with E-state index in [4.69, 9.17) is 4.55 Å². The van der Waals surface area contributed by atoms with Crippen molar-refractivity contribution in [1.82, 2.24) is 6.15 Å². The lowest BCUT2D eigenvalue weighted by molar-refractivity contribution is 0.261. The van der Waals surface area contributed by atoms with E-state index >= 15 is 0 Å². The Morgan fingerprint density at radius 2 is 1.73 bits per heavy atom. The zero-order valence-electron chi connectivity index (χ0n) is 9.40. The minimum atomic E-state index is -4.23. The van der Waals surface area contributed by atoms with E-state index in [1.807, 2.05) is 0 Å². The van der Waals surface area contributed by atoms with Crippen molar-refractivity contribution in [3.05, 3.63) is 0 Å². The van der Waals surface area contributed by atoms with Crippen molar-refractivity contribution < 1.29 is 22.6 Å². The molecule has 0 aromatic rings. The van der Waals surface area contributed by atoms with Crippen LogP contribution in [0, 0.1) is 5.92 Å². The Morgan fingerprint density at radius 1 is 1.20 bits per heavy atom. The minimum Gasteiger partial charge on any atom is -0.412 e. The van der Waals surface area contributed by atoms with Crippen LogP contribution < -0.4 is 6.15 Å². The number of unbranched alkanes of at least 4 members (excludes halogenated alkanes) is 2. The molecule has 7 heteroatoms. The highest BCUT2D eigenvalue weighted by atomic mass is 32.3. The van der Waals surface area contributed by atoms with Crippen molar-refractivity contribution in [2.75, 3.05) is 6.61 Å². The van der Waals surface area contributed by atoms with Gasteiger partial charge in [0.2, 0.25) is 0 Å². The lowest BCUT2D eigenvalue weighted by Crippen LogP contribution is -2.04. The second-order valence-electron chi connectivity index (χ2n) is 3.49. The van der Waals surface area contributed by atoms with Crippen LogP contribution in [-0.2, 0) is 14.6 Å². The molecule has 15 heavy (non-hydrogen) atoms. The van der Waals surface area contributed by atoms with Crippen molar-refractivity contribution >= 4 is 10.4 Å². The van der Waals surface area contributed by atoms with Crippen molar-refractivity contribution in [2.24, 2.45) is 5.92 Å². The van der Waals surface area contributed by atoms with Gasteiger partial charge in [0.1, 0.15) is 0 Å².